The summed E-state index contributed by atoms with van der Waals surface area (Å²) in [5.41, 5.74) is 0.228. The number of carbonyl (C=O) groups is 7. The van der Waals surface area contributed by atoms with Gasteiger partial charge in [-0.05, 0) is 95.0 Å². The quantitative estimate of drug-likeness (QED) is 0.211. The summed E-state index contributed by atoms with van der Waals surface area (Å²) in [5.74, 6) is -4.75. The van der Waals surface area contributed by atoms with Gasteiger partial charge in [-0.25, -0.2) is 13.6 Å². The minimum atomic E-state index is -1.60. The fraction of sp³-hybridized carbons (Fsp3) is 0.561. The van der Waals surface area contributed by atoms with E-state index in [0.717, 1.165) is 12.1 Å². The highest BCUT2D eigenvalue weighted by Gasteiger charge is 2.63. The molecular formula is C41H52F2N8O8. The lowest BCUT2D eigenvalue weighted by atomic mass is 9.99. The first-order valence-corrected chi connectivity index (χ1v) is 20.2. The van der Waals surface area contributed by atoms with Gasteiger partial charge in [-0.3, -0.25) is 33.8 Å². The predicted molar refractivity (Wildman–Crippen MR) is 208 cm³/mol. The number of urea groups is 1. The first-order chi connectivity index (χ1) is 28.0. The third-order valence-corrected chi connectivity index (χ3v) is 11.6. The van der Waals surface area contributed by atoms with E-state index in [0.29, 0.717) is 62.5 Å². The fourth-order valence-electron chi connectivity index (χ4n) is 8.61. The molecule has 1 aromatic carbocycles. The number of piperidine rings is 1. The van der Waals surface area contributed by atoms with E-state index in [4.69, 9.17) is 0 Å². The van der Waals surface area contributed by atoms with Crippen LogP contribution >= 0.6 is 0 Å². The molecule has 0 unspecified atom stereocenters. The SMILES string of the molecule is Cc1ccc(NC(=O)N[C@@H](Cc2cc(F)cc(F)c2)C(=O)N[C@H](C(=O)N2CCC[C@H]2C(=O)N2CCCC[C@H]2C(=O)N[C@@H](C)C(=O)N2C[C@H](C)C[C@@]23CC3=O)[C@H](C)O)cn1. The Kier molecular flexibility index (Phi) is 13.0. The molecule has 18 heteroatoms. The molecule has 1 aliphatic carbocycles. The second kappa shape index (κ2) is 17.8. The number of nitrogens with zero attached hydrogens (tertiary/aromatic N) is 4. The zero-order chi connectivity index (χ0) is 42.8. The Morgan fingerprint density at radius 1 is 0.915 bits per heavy atom. The Hall–Kier alpha value is -5.52. The molecule has 59 heavy (non-hydrogen) atoms. The summed E-state index contributed by atoms with van der Waals surface area (Å²) in [6.07, 6.45) is 2.64. The zero-order valence-corrected chi connectivity index (χ0v) is 33.6. The lowest BCUT2D eigenvalue weighted by Crippen LogP contribution is -2.62. The van der Waals surface area contributed by atoms with E-state index < -0.39 is 89.6 Å². The van der Waals surface area contributed by atoms with Gasteiger partial charge >= 0.3 is 6.03 Å². The smallest absolute Gasteiger partial charge is 0.319 e. The number of likely N-dealkylation sites (tertiary alicyclic amines) is 3. The number of aliphatic hydroxyl groups excluding tert-OH is 1. The Balaban J connectivity index is 1.14. The van der Waals surface area contributed by atoms with Crippen molar-refractivity contribution in [2.24, 2.45) is 5.92 Å². The molecule has 0 radical (unpaired) electrons. The van der Waals surface area contributed by atoms with Crippen LogP contribution in [0.25, 0.3) is 0 Å². The minimum Gasteiger partial charge on any atom is -0.391 e. The van der Waals surface area contributed by atoms with Crippen LogP contribution in [0.1, 0.15) is 77.0 Å². The maximum Gasteiger partial charge on any atom is 0.319 e. The molecule has 3 saturated heterocycles. The average Bonchev–Trinajstić information content (AvgIpc) is 3.46. The number of halogens is 2. The first-order valence-electron chi connectivity index (χ1n) is 20.2. The number of rotatable bonds is 12. The van der Waals surface area contributed by atoms with Crippen molar-refractivity contribution >= 4 is 47.0 Å². The number of pyridine rings is 1. The van der Waals surface area contributed by atoms with Gasteiger partial charge < -0.3 is 41.1 Å². The summed E-state index contributed by atoms with van der Waals surface area (Å²) in [7, 11) is 0. The van der Waals surface area contributed by atoms with Gasteiger partial charge in [-0.2, -0.15) is 0 Å². The molecular weight excluding hydrogens is 770 g/mol. The van der Waals surface area contributed by atoms with Gasteiger partial charge in [0.1, 0.15) is 47.4 Å². The molecule has 3 aliphatic heterocycles. The van der Waals surface area contributed by atoms with E-state index in [1.54, 1.807) is 30.9 Å². The number of amides is 7. The average molecular weight is 823 g/mol. The molecule has 2 aromatic rings. The van der Waals surface area contributed by atoms with Crippen molar-refractivity contribution < 1.29 is 47.4 Å². The molecule has 7 amide bonds. The number of anilines is 1. The molecule has 1 spiro atoms. The number of nitrogens with one attached hydrogen (secondary N) is 4. The monoisotopic (exact) mass is 822 g/mol. The molecule has 4 heterocycles. The number of hydrogen-bond donors (Lipinski definition) is 5. The van der Waals surface area contributed by atoms with Crippen LogP contribution in [0, 0.1) is 24.5 Å². The van der Waals surface area contributed by atoms with E-state index in [-0.39, 0.29) is 42.7 Å². The van der Waals surface area contributed by atoms with Crippen LogP contribution in [0.3, 0.4) is 0 Å². The Morgan fingerprint density at radius 3 is 2.24 bits per heavy atom. The number of carbonyl (C=O) groups excluding carboxylic acids is 7. The Labute approximate surface area is 340 Å². The van der Waals surface area contributed by atoms with E-state index >= 15 is 0 Å². The third kappa shape index (κ3) is 9.69. The highest BCUT2D eigenvalue weighted by atomic mass is 19.1. The van der Waals surface area contributed by atoms with Crippen LogP contribution in [0.5, 0.6) is 0 Å². The summed E-state index contributed by atoms with van der Waals surface area (Å²) >= 11 is 0. The number of hydrogen-bond acceptors (Lipinski definition) is 9. The molecule has 6 rings (SSSR count). The molecule has 4 fully saturated rings. The summed E-state index contributed by atoms with van der Waals surface area (Å²) in [6, 6.07) is -0.972. The van der Waals surface area contributed by atoms with Crippen LogP contribution in [-0.4, -0.2) is 128 Å². The first kappa shape index (κ1) is 43.1. The minimum absolute atomic E-state index is 0.0159. The van der Waals surface area contributed by atoms with Crippen LogP contribution in [-0.2, 0) is 35.2 Å². The van der Waals surface area contributed by atoms with Crippen LogP contribution in [0.2, 0.25) is 0 Å². The van der Waals surface area contributed by atoms with E-state index in [2.05, 4.69) is 26.3 Å². The lowest BCUT2D eigenvalue weighted by molar-refractivity contribution is -0.152. The van der Waals surface area contributed by atoms with Crippen LogP contribution < -0.4 is 21.3 Å². The van der Waals surface area contributed by atoms with Gasteiger partial charge in [-0.15, -0.1) is 0 Å². The van der Waals surface area contributed by atoms with E-state index in [9.17, 15) is 47.4 Å². The number of ketones is 1. The number of aromatic nitrogens is 1. The van der Waals surface area contributed by atoms with Crippen molar-refractivity contribution in [2.75, 3.05) is 25.0 Å². The van der Waals surface area contributed by atoms with Crippen molar-refractivity contribution in [3.63, 3.8) is 0 Å². The van der Waals surface area contributed by atoms with Gasteiger partial charge in [0.2, 0.25) is 29.5 Å². The molecule has 1 saturated carbocycles. The molecule has 318 valence electrons. The fourth-order valence-corrected chi connectivity index (χ4v) is 8.61. The van der Waals surface area contributed by atoms with Gasteiger partial charge in [0.25, 0.3) is 0 Å². The zero-order valence-electron chi connectivity index (χ0n) is 33.6. The number of aliphatic hydroxyl groups is 1. The highest BCUT2D eigenvalue weighted by Crippen LogP contribution is 2.48. The summed E-state index contributed by atoms with van der Waals surface area (Å²) in [4.78, 5) is 103. The summed E-state index contributed by atoms with van der Waals surface area (Å²) < 4.78 is 28.3. The molecule has 5 N–H and O–H groups in total. The third-order valence-electron chi connectivity index (χ3n) is 11.6. The summed E-state index contributed by atoms with van der Waals surface area (Å²) in [6.45, 7) is 7.32. The predicted octanol–water partition coefficient (Wildman–Crippen LogP) is 1.72. The summed E-state index contributed by atoms with van der Waals surface area (Å²) in [5, 5.41) is 21.1. The van der Waals surface area contributed by atoms with Crippen LogP contribution in [0.15, 0.2) is 36.5 Å². The normalized spacial score (nSPS) is 24.6. The molecule has 4 aliphatic rings. The molecule has 0 bridgehead atoms. The number of aryl methyl sites for hydroxylation is 1. The number of Topliss-reactive ketones (excluding diaryl/α,β-unsaturated/α-hetero) is 1. The van der Waals surface area contributed by atoms with Gasteiger partial charge in [0, 0.05) is 44.2 Å². The molecule has 8 atom stereocenters. The van der Waals surface area contributed by atoms with Crippen molar-refractivity contribution in [2.45, 2.75) is 121 Å². The topological polar surface area (TPSA) is 210 Å². The van der Waals surface area contributed by atoms with E-state index in [1.807, 2.05) is 6.92 Å². The van der Waals surface area contributed by atoms with Crippen molar-refractivity contribution in [3.8, 4) is 0 Å². The van der Waals surface area contributed by atoms with Crippen molar-refractivity contribution in [1.29, 1.82) is 0 Å². The Bertz CT molecular complexity index is 1960. The lowest BCUT2D eigenvalue weighted by Gasteiger charge is -2.39. The molecule has 16 nitrogen and oxygen atoms in total. The standard InChI is InChI=1S/C41H52F2N8O8/c1-22-18-41(19-33(41)53)51(21-22)37(56)24(3)45-36(55)31-8-5-6-12-49(31)38(57)32-9-7-13-50(32)39(58)34(25(4)52)48-35(54)30(16-26-14-27(42)17-28(43)15-26)47-40(59)46-29-11-10-23(2)44-20-29/h10-11,14-15,17,20,22,24-25,30-32,34,52H,5-9,12-13,16,18-19,21H2,1-4H3,(H,45,55)(H,48,54)(H2,46,47,59)/t22-,24+,25+,30+,31+,32+,34+,41+/m1/s1. The maximum atomic E-state index is 14.3. The second-order valence-electron chi connectivity index (χ2n) is 16.4. The van der Waals surface area contributed by atoms with Crippen molar-refractivity contribution in [3.05, 3.63) is 59.4 Å². The highest BCUT2D eigenvalue weighted by molar-refractivity contribution is 6.09. The van der Waals surface area contributed by atoms with Crippen LogP contribution in [0.4, 0.5) is 19.3 Å². The maximum absolute atomic E-state index is 14.3. The van der Waals surface area contributed by atoms with E-state index in [1.165, 1.54) is 22.9 Å². The van der Waals surface area contributed by atoms with Gasteiger partial charge in [0.05, 0.1) is 18.0 Å². The Morgan fingerprint density at radius 2 is 1.59 bits per heavy atom. The largest absolute Gasteiger partial charge is 0.391 e. The molecule has 1 aromatic heterocycles. The second-order valence-corrected chi connectivity index (χ2v) is 16.4. The van der Waals surface area contributed by atoms with Gasteiger partial charge in [0.15, 0.2) is 5.78 Å². The van der Waals surface area contributed by atoms with Gasteiger partial charge in [-0.1, -0.05) is 6.92 Å². The number of benzene rings is 1. The van der Waals surface area contributed by atoms with Crippen molar-refractivity contribution in [1.82, 2.24) is 35.6 Å².